The van der Waals surface area contributed by atoms with Crippen LogP contribution in [0.1, 0.15) is 22.5 Å². The molecule has 2 rings (SSSR count). The molecule has 0 fully saturated rings. The molecule has 0 spiro atoms. The molecule has 23 heavy (non-hydrogen) atoms. The van der Waals surface area contributed by atoms with Crippen LogP contribution >= 0.6 is 24.2 Å². The van der Waals surface area contributed by atoms with Gasteiger partial charge in [-0.05, 0) is 36.7 Å². The molecular weight excluding hydrogens is 349 g/mol. The summed E-state index contributed by atoms with van der Waals surface area (Å²) < 4.78 is 40.1. The van der Waals surface area contributed by atoms with Crippen molar-refractivity contribution in [3.05, 3.63) is 40.7 Å². The molecule has 2 aromatic rings. The van der Waals surface area contributed by atoms with Crippen molar-refractivity contribution in [2.75, 3.05) is 6.54 Å². The largest absolute Gasteiger partial charge is 0.416 e. The fraction of sp³-hybridized carbons (Fsp3) is 0.429. The maximum atomic E-state index is 12.8. The molecule has 1 aromatic carbocycles. The van der Waals surface area contributed by atoms with E-state index in [4.69, 9.17) is 5.73 Å². The first-order chi connectivity index (χ1) is 10.3. The van der Waals surface area contributed by atoms with Crippen LogP contribution < -0.4 is 5.73 Å². The quantitative estimate of drug-likeness (QED) is 0.824. The summed E-state index contributed by atoms with van der Waals surface area (Å²) in [5.74, 6) is 1.18. The number of nitrogens with zero attached hydrogens (tertiary/aromatic N) is 3. The van der Waals surface area contributed by atoms with Gasteiger partial charge in [-0.3, -0.25) is 0 Å². The molecule has 1 aromatic heterocycles. The Morgan fingerprint density at radius 3 is 2.57 bits per heavy atom. The lowest BCUT2D eigenvalue weighted by Gasteiger charge is -2.11. The van der Waals surface area contributed by atoms with Gasteiger partial charge in [-0.25, -0.2) is 0 Å². The van der Waals surface area contributed by atoms with Crippen LogP contribution in [-0.2, 0) is 25.4 Å². The second-order valence-electron chi connectivity index (χ2n) is 4.92. The van der Waals surface area contributed by atoms with Gasteiger partial charge < -0.3 is 10.3 Å². The smallest absolute Gasteiger partial charge is 0.330 e. The first-order valence-electron chi connectivity index (χ1n) is 6.70. The standard InChI is InChI=1S/C14H17F3N4S.ClH/c1-9-3-4-11(14(15,16)17)7-10(9)8-22-13-20-19-12(5-6-18)21(13)2;/h3-4,7H,5-6,8,18H2,1-2H3;1H. The molecule has 2 N–H and O–H groups in total. The van der Waals surface area contributed by atoms with E-state index in [1.807, 2.05) is 11.6 Å². The van der Waals surface area contributed by atoms with Crippen molar-refractivity contribution < 1.29 is 13.2 Å². The van der Waals surface area contributed by atoms with E-state index in [0.717, 1.165) is 17.5 Å². The van der Waals surface area contributed by atoms with Crippen LogP contribution in [0.15, 0.2) is 23.4 Å². The first-order valence-corrected chi connectivity index (χ1v) is 7.69. The molecule has 9 heteroatoms. The van der Waals surface area contributed by atoms with Crippen LogP contribution in [0, 0.1) is 6.92 Å². The van der Waals surface area contributed by atoms with Crippen molar-refractivity contribution in [2.45, 2.75) is 30.4 Å². The minimum absolute atomic E-state index is 0. The highest BCUT2D eigenvalue weighted by atomic mass is 35.5. The monoisotopic (exact) mass is 366 g/mol. The van der Waals surface area contributed by atoms with Gasteiger partial charge in [0, 0.05) is 19.2 Å². The number of aryl methyl sites for hydroxylation is 1. The second kappa shape index (κ2) is 8.03. The molecule has 0 bridgehead atoms. The van der Waals surface area contributed by atoms with Crippen LogP contribution in [0.3, 0.4) is 0 Å². The zero-order valence-electron chi connectivity index (χ0n) is 12.7. The topological polar surface area (TPSA) is 56.7 Å². The molecule has 0 unspecified atom stereocenters. The zero-order valence-corrected chi connectivity index (χ0v) is 14.4. The van der Waals surface area contributed by atoms with E-state index in [1.54, 1.807) is 6.92 Å². The Labute approximate surface area is 143 Å². The van der Waals surface area contributed by atoms with E-state index < -0.39 is 11.7 Å². The van der Waals surface area contributed by atoms with Crippen LogP contribution in [0.4, 0.5) is 13.2 Å². The van der Waals surface area contributed by atoms with Crippen LogP contribution in [0.25, 0.3) is 0 Å². The van der Waals surface area contributed by atoms with Crippen molar-refractivity contribution >= 4 is 24.2 Å². The van der Waals surface area contributed by atoms with Gasteiger partial charge in [0.25, 0.3) is 0 Å². The molecule has 0 atom stereocenters. The highest BCUT2D eigenvalue weighted by Gasteiger charge is 2.30. The fourth-order valence-corrected chi connectivity index (χ4v) is 2.96. The summed E-state index contributed by atoms with van der Waals surface area (Å²) >= 11 is 1.36. The van der Waals surface area contributed by atoms with Crippen LogP contribution in [0.2, 0.25) is 0 Å². The summed E-state index contributed by atoms with van der Waals surface area (Å²) in [4.78, 5) is 0. The number of benzene rings is 1. The van der Waals surface area contributed by atoms with E-state index in [-0.39, 0.29) is 12.4 Å². The summed E-state index contributed by atoms with van der Waals surface area (Å²) in [6, 6.07) is 3.79. The minimum atomic E-state index is -4.33. The number of alkyl halides is 3. The van der Waals surface area contributed by atoms with Crippen LogP contribution in [-0.4, -0.2) is 21.3 Å². The number of halogens is 4. The Morgan fingerprint density at radius 2 is 1.96 bits per heavy atom. The Morgan fingerprint density at radius 1 is 1.26 bits per heavy atom. The summed E-state index contributed by atoms with van der Waals surface area (Å²) in [6.07, 6.45) is -3.71. The molecule has 0 aliphatic heterocycles. The number of hydrogen-bond donors (Lipinski definition) is 1. The SMILES string of the molecule is Cc1ccc(C(F)(F)F)cc1CSc1nnc(CCN)n1C.Cl. The van der Waals surface area contributed by atoms with Gasteiger partial charge in [-0.15, -0.1) is 22.6 Å². The highest BCUT2D eigenvalue weighted by Crippen LogP contribution is 2.32. The minimum Gasteiger partial charge on any atom is -0.330 e. The van der Waals surface area contributed by atoms with Gasteiger partial charge in [0.05, 0.1) is 5.56 Å². The maximum Gasteiger partial charge on any atom is 0.416 e. The van der Waals surface area contributed by atoms with E-state index >= 15 is 0 Å². The summed E-state index contributed by atoms with van der Waals surface area (Å²) in [7, 11) is 1.83. The second-order valence-corrected chi connectivity index (χ2v) is 5.87. The number of nitrogens with two attached hydrogens (primary N) is 1. The van der Waals surface area contributed by atoms with E-state index in [0.29, 0.717) is 29.4 Å². The Kier molecular flexibility index (Phi) is 6.91. The average Bonchev–Trinajstić information content (AvgIpc) is 2.78. The van der Waals surface area contributed by atoms with Crippen molar-refractivity contribution in [3.63, 3.8) is 0 Å². The van der Waals surface area contributed by atoms with E-state index in [2.05, 4.69) is 10.2 Å². The van der Waals surface area contributed by atoms with E-state index in [9.17, 15) is 13.2 Å². The highest BCUT2D eigenvalue weighted by molar-refractivity contribution is 7.98. The molecule has 128 valence electrons. The maximum absolute atomic E-state index is 12.8. The lowest BCUT2D eigenvalue weighted by Crippen LogP contribution is -2.08. The molecule has 4 nitrogen and oxygen atoms in total. The van der Waals surface area contributed by atoms with Gasteiger partial charge >= 0.3 is 6.18 Å². The molecule has 0 amide bonds. The molecule has 0 radical (unpaired) electrons. The lowest BCUT2D eigenvalue weighted by molar-refractivity contribution is -0.137. The number of thioether (sulfide) groups is 1. The molecule has 0 saturated heterocycles. The van der Waals surface area contributed by atoms with E-state index in [1.165, 1.54) is 23.9 Å². The van der Waals surface area contributed by atoms with Crippen molar-refractivity contribution in [1.82, 2.24) is 14.8 Å². The van der Waals surface area contributed by atoms with Gasteiger partial charge in [0.2, 0.25) is 0 Å². The fourth-order valence-electron chi connectivity index (χ4n) is 1.96. The predicted molar refractivity (Wildman–Crippen MR) is 86.8 cm³/mol. The van der Waals surface area contributed by atoms with Gasteiger partial charge in [-0.2, -0.15) is 13.2 Å². The molecule has 0 aliphatic rings. The third-order valence-electron chi connectivity index (χ3n) is 3.33. The van der Waals surface area contributed by atoms with Crippen molar-refractivity contribution in [1.29, 1.82) is 0 Å². The third kappa shape index (κ3) is 4.86. The number of hydrogen-bond acceptors (Lipinski definition) is 4. The van der Waals surface area contributed by atoms with Crippen molar-refractivity contribution in [3.8, 4) is 0 Å². The van der Waals surface area contributed by atoms with Gasteiger partial charge in [-0.1, -0.05) is 17.8 Å². The first kappa shape index (κ1) is 19.8. The Bertz CT molecular complexity index is 658. The average molecular weight is 367 g/mol. The van der Waals surface area contributed by atoms with Crippen molar-refractivity contribution in [2.24, 2.45) is 12.8 Å². The normalized spacial score (nSPS) is 11.4. The summed E-state index contributed by atoms with van der Waals surface area (Å²) in [5.41, 5.74) is 6.32. The van der Waals surface area contributed by atoms with Gasteiger partial charge in [0.1, 0.15) is 5.82 Å². The molecular formula is C14H18ClF3N4S. The molecule has 1 heterocycles. The molecule has 0 saturated carbocycles. The van der Waals surface area contributed by atoms with Gasteiger partial charge in [0.15, 0.2) is 5.16 Å². The zero-order chi connectivity index (χ0) is 16.3. The Balaban J connectivity index is 0.00000264. The number of aromatic nitrogens is 3. The van der Waals surface area contributed by atoms with Crippen LogP contribution in [0.5, 0.6) is 0 Å². The summed E-state index contributed by atoms with van der Waals surface area (Å²) in [5, 5.41) is 8.74. The molecule has 0 aliphatic carbocycles. The Hall–Kier alpha value is -1.25. The summed E-state index contributed by atoms with van der Waals surface area (Å²) in [6.45, 7) is 2.27. The third-order valence-corrected chi connectivity index (χ3v) is 4.40. The predicted octanol–water partition coefficient (Wildman–Crippen LogP) is 3.36. The lowest BCUT2D eigenvalue weighted by atomic mass is 10.1. The number of rotatable bonds is 5.